The molecular formula is C13H10ClN3O4. The molecule has 0 atom stereocenters. The van der Waals surface area contributed by atoms with Gasteiger partial charge in [0.1, 0.15) is 19.5 Å². The van der Waals surface area contributed by atoms with Crippen LogP contribution in [0.2, 0.25) is 5.02 Å². The summed E-state index contributed by atoms with van der Waals surface area (Å²) < 4.78 is 15.7. The molecule has 1 aliphatic rings. The molecule has 0 bridgehead atoms. The first-order chi connectivity index (χ1) is 10.2. The zero-order valence-electron chi connectivity index (χ0n) is 10.7. The van der Waals surface area contributed by atoms with Crippen LogP contribution in [0.15, 0.2) is 34.9 Å². The van der Waals surface area contributed by atoms with E-state index in [1.54, 1.807) is 24.3 Å². The lowest BCUT2D eigenvalue weighted by Crippen LogP contribution is -2.12. The van der Waals surface area contributed by atoms with Gasteiger partial charge < -0.3 is 13.9 Å². The molecule has 2 heterocycles. The van der Waals surface area contributed by atoms with Crippen LogP contribution in [0.5, 0.6) is 0 Å². The van der Waals surface area contributed by atoms with Crippen molar-refractivity contribution in [1.82, 2.24) is 10.2 Å². The molecule has 0 fully saturated rings. The van der Waals surface area contributed by atoms with E-state index in [4.69, 9.17) is 25.5 Å². The van der Waals surface area contributed by atoms with Crippen molar-refractivity contribution in [3.8, 4) is 0 Å². The number of carbonyl (C=O) groups is 1. The highest BCUT2D eigenvalue weighted by atomic mass is 35.5. The largest absolute Gasteiger partial charge is 0.494 e. The Kier molecular flexibility index (Phi) is 3.74. The first-order valence-corrected chi connectivity index (χ1v) is 6.46. The lowest BCUT2D eigenvalue weighted by Gasteiger charge is -2.11. The average molecular weight is 308 g/mol. The molecular weight excluding hydrogens is 298 g/mol. The van der Waals surface area contributed by atoms with Crippen molar-refractivity contribution in [2.75, 3.05) is 18.5 Å². The number of rotatable bonds is 3. The summed E-state index contributed by atoms with van der Waals surface area (Å²) in [6.45, 7) is 0.864. The van der Waals surface area contributed by atoms with E-state index in [2.05, 4.69) is 15.5 Å². The molecule has 21 heavy (non-hydrogen) atoms. The summed E-state index contributed by atoms with van der Waals surface area (Å²) in [7, 11) is 0. The van der Waals surface area contributed by atoms with Gasteiger partial charge in [-0.05, 0) is 12.1 Å². The van der Waals surface area contributed by atoms with E-state index in [1.165, 1.54) is 6.26 Å². The summed E-state index contributed by atoms with van der Waals surface area (Å²) in [4.78, 5) is 12.0. The Morgan fingerprint density at radius 3 is 2.86 bits per heavy atom. The molecule has 7 nitrogen and oxygen atoms in total. The van der Waals surface area contributed by atoms with Crippen molar-refractivity contribution in [2.24, 2.45) is 0 Å². The summed E-state index contributed by atoms with van der Waals surface area (Å²) in [5.41, 5.74) is 0.315. The van der Waals surface area contributed by atoms with Crippen molar-refractivity contribution in [3.63, 3.8) is 0 Å². The van der Waals surface area contributed by atoms with Gasteiger partial charge in [0.15, 0.2) is 0 Å². The van der Waals surface area contributed by atoms with E-state index in [0.717, 1.165) is 0 Å². The molecule has 0 spiro atoms. The molecule has 1 amide bonds. The van der Waals surface area contributed by atoms with Crippen molar-refractivity contribution in [1.29, 1.82) is 0 Å². The number of anilines is 1. The fraction of sp³-hybridized carbons (Fsp3) is 0.154. The monoisotopic (exact) mass is 307 g/mol. The molecule has 0 saturated carbocycles. The number of benzene rings is 1. The topological polar surface area (TPSA) is 86.5 Å². The second-order valence-corrected chi connectivity index (χ2v) is 4.45. The Hall–Kier alpha value is -2.54. The predicted octanol–water partition coefficient (Wildman–Crippen LogP) is 2.32. The van der Waals surface area contributed by atoms with Crippen molar-refractivity contribution in [2.45, 2.75) is 0 Å². The van der Waals surface area contributed by atoms with E-state index in [9.17, 15) is 4.79 Å². The van der Waals surface area contributed by atoms with Gasteiger partial charge in [0.2, 0.25) is 5.76 Å². The SMILES string of the molecule is O=C(Nc1nnc(C2=COCCO2)o1)c1ccccc1Cl. The third kappa shape index (κ3) is 2.97. The Labute approximate surface area is 124 Å². The van der Waals surface area contributed by atoms with Gasteiger partial charge in [-0.25, -0.2) is 0 Å². The highest BCUT2D eigenvalue weighted by Crippen LogP contribution is 2.20. The summed E-state index contributed by atoms with van der Waals surface area (Å²) in [5.74, 6) is 0.0155. The number of hydrogen-bond acceptors (Lipinski definition) is 6. The molecule has 1 aromatic heterocycles. The third-order valence-electron chi connectivity index (χ3n) is 2.62. The first-order valence-electron chi connectivity index (χ1n) is 6.08. The molecule has 108 valence electrons. The van der Waals surface area contributed by atoms with Crippen LogP contribution < -0.4 is 5.32 Å². The zero-order valence-corrected chi connectivity index (χ0v) is 11.5. The minimum Gasteiger partial charge on any atom is -0.494 e. The number of nitrogens with one attached hydrogen (secondary N) is 1. The zero-order chi connectivity index (χ0) is 14.7. The number of carbonyl (C=O) groups excluding carboxylic acids is 1. The number of ether oxygens (including phenoxy) is 2. The Morgan fingerprint density at radius 1 is 1.24 bits per heavy atom. The highest BCUT2D eigenvalue weighted by molar-refractivity contribution is 6.34. The van der Waals surface area contributed by atoms with E-state index in [1.807, 2.05) is 0 Å². The van der Waals surface area contributed by atoms with Gasteiger partial charge >= 0.3 is 6.01 Å². The lowest BCUT2D eigenvalue weighted by molar-refractivity contribution is 0.102. The van der Waals surface area contributed by atoms with Gasteiger partial charge in [-0.2, -0.15) is 0 Å². The Morgan fingerprint density at radius 2 is 2.10 bits per heavy atom. The fourth-order valence-corrected chi connectivity index (χ4v) is 1.89. The maximum absolute atomic E-state index is 12.0. The second kappa shape index (κ2) is 5.84. The molecule has 1 N–H and O–H groups in total. The molecule has 0 saturated heterocycles. The second-order valence-electron chi connectivity index (χ2n) is 4.05. The van der Waals surface area contributed by atoms with Crippen LogP contribution in [0, 0.1) is 0 Å². The van der Waals surface area contributed by atoms with Gasteiger partial charge in [-0.1, -0.05) is 28.8 Å². The van der Waals surface area contributed by atoms with Crippen LogP contribution in [-0.4, -0.2) is 29.3 Å². The van der Waals surface area contributed by atoms with Crippen molar-refractivity contribution >= 4 is 29.3 Å². The maximum Gasteiger partial charge on any atom is 0.322 e. The molecule has 2 aromatic rings. The van der Waals surface area contributed by atoms with Crippen LogP contribution in [0.4, 0.5) is 6.01 Å². The van der Waals surface area contributed by atoms with Gasteiger partial charge in [0.25, 0.3) is 11.8 Å². The van der Waals surface area contributed by atoms with Gasteiger partial charge in [0.05, 0.1) is 10.6 Å². The summed E-state index contributed by atoms with van der Waals surface area (Å²) in [6, 6.07) is 6.60. The summed E-state index contributed by atoms with van der Waals surface area (Å²) >= 11 is 5.94. The van der Waals surface area contributed by atoms with Gasteiger partial charge in [-0.15, -0.1) is 5.10 Å². The predicted molar refractivity (Wildman–Crippen MR) is 73.6 cm³/mol. The van der Waals surface area contributed by atoms with Crippen LogP contribution in [0.3, 0.4) is 0 Å². The highest BCUT2D eigenvalue weighted by Gasteiger charge is 2.18. The summed E-state index contributed by atoms with van der Waals surface area (Å²) in [5, 5.41) is 10.3. The smallest absolute Gasteiger partial charge is 0.322 e. The van der Waals surface area contributed by atoms with E-state index in [-0.39, 0.29) is 11.9 Å². The number of halogens is 1. The molecule has 0 radical (unpaired) electrons. The quantitative estimate of drug-likeness (QED) is 0.936. The molecule has 3 rings (SSSR count). The van der Waals surface area contributed by atoms with Crippen LogP contribution >= 0.6 is 11.6 Å². The lowest BCUT2D eigenvalue weighted by atomic mass is 10.2. The van der Waals surface area contributed by atoms with Crippen LogP contribution in [-0.2, 0) is 9.47 Å². The van der Waals surface area contributed by atoms with Crippen LogP contribution in [0.25, 0.3) is 5.76 Å². The number of amides is 1. The molecule has 1 aromatic carbocycles. The maximum atomic E-state index is 12.0. The third-order valence-corrected chi connectivity index (χ3v) is 2.95. The first kappa shape index (κ1) is 13.4. The standard InChI is InChI=1S/C13H10ClN3O4/c14-9-4-2-1-3-8(9)11(18)15-13-17-16-12(21-13)10-7-19-5-6-20-10/h1-4,7H,5-6H2,(H,15,17,18). The van der Waals surface area contributed by atoms with E-state index in [0.29, 0.717) is 29.6 Å². The van der Waals surface area contributed by atoms with Crippen molar-refractivity contribution < 1.29 is 18.7 Å². The Bertz CT molecular complexity index is 698. The Balaban J connectivity index is 1.74. The van der Waals surface area contributed by atoms with Gasteiger partial charge in [0, 0.05) is 0 Å². The normalized spacial score (nSPS) is 13.9. The summed E-state index contributed by atoms with van der Waals surface area (Å²) in [6.07, 6.45) is 1.39. The minimum absolute atomic E-state index is 0.0509. The molecule has 8 heteroatoms. The molecule has 0 unspecified atom stereocenters. The number of hydrogen-bond donors (Lipinski definition) is 1. The molecule has 0 aliphatic carbocycles. The minimum atomic E-state index is -0.439. The van der Waals surface area contributed by atoms with Crippen molar-refractivity contribution in [3.05, 3.63) is 47.0 Å². The number of aromatic nitrogens is 2. The van der Waals surface area contributed by atoms with E-state index >= 15 is 0 Å². The molecule has 1 aliphatic heterocycles. The average Bonchev–Trinajstić information content (AvgIpc) is 2.97. The fourth-order valence-electron chi connectivity index (χ4n) is 1.66. The number of nitrogens with zero attached hydrogens (tertiary/aromatic N) is 2. The van der Waals surface area contributed by atoms with Gasteiger partial charge in [-0.3, -0.25) is 10.1 Å². The van der Waals surface area contributed by atoms with E-state index < -0.39 is 5.91 Å². The van der Waals surface area contributed by atoms with Crippen LogP contribution in [0.1, 0.15) is 16.2 Å².